The SMILES string of the molecule is N#CCNC(=O)C1CCCCC1C(=S=O)c1ccc(Br)cc1. The zero-order valence-corrected chi connectivity index (χ0v) is 14.5. The summed E-state index contributed by atoms with van der Waals surface area (Å²) in [5.41, 5.74) is 0.883. The highest BCUT2D eigenvalue weighted by molar-refractivity contribution is 9.10. The molecular formula is C16H17BrN2O2S. The van der Waals surface area contributed by atoms with E-state index in [2.05, 4.69) is 21.2 Å². The molecule has 0 saturated heterocycles. The van der Waals surface area contributed by atoms with Crippen LogP contribution in [0.1, 0.15) is 31.2 Å². The van der Waals surface area contributed by atoms with E-state index in [1.165, 1.54) is 0 Å². The van der Waals surface area contributed by atoms with Gasteiger partial charge in [0.25, 0.3) is 0 Å². The minimum Gasteiger partial charge on any atom is -0.343 e. The van der Waals surface area contributed by atoms with E-state index in [1.54, 1.807) is 0 Å². The topological polar surface area (TPSA) is 70.0 Å². The fourth-order valence-electron chi connectivity index (χ4n) is 2.95. The van der Waals surface area contributed by atoms with Gasteiger partial charge in [0.05, 0.1) is 22.2 Å². The molecule has 0 radical (unpaired) electrons. The van der Waals surface area contributed by atoms with Gasteiger partial charge < -0.3 is 5.32 Å². The number of nitrogens with one attached hydrogen (secondary N) is 1. The van der Waals surface area contributed by atoms with E-state index >= 15 is 0 Å². The zero-order valence-electron chi connectivity index (χ0n) is 12.0. The summed E-state index contributed by atoms with van der Waals surface area (Å²) >= 11 is 3.87. The van der Waals surface area contributed by atoms with E-state index < -0.39 is 0 Å². The third-order valence-corrected chi connectivity index (χ3v) is 5.25. The minimum atomic E-state index is -0.220. The Balaban J connectivity index is 2.25. The van der Waals surface area contributed by atoms with Crippen LogP contribution in [0.3, 0.4) is 0 Å². The number of benzene rings is 1. The predicted molar refractivity (Wildman–Crippen MR) is 90.5 cm³/mol. The van der Waals surface area contributed by atoms with Crippen molar-refractivity contribution < 1.29 is 9.00 Å². The van der Waals surface area contributed by atoms with Crippen LogP contribution >= 0.6 is 15.9 Å². The van der Waals surface area contributed by atoms with Crippen LogP contribution in [0.4, 0.5) is 0 Å². The number of nitrogens with zero attached hydrogens (tertiary/aromatic N) is 1. The molecule has 1 fully saturated rings. The quantitative estimate of drug-likeness (QED) is 0.495. The average molecular weight is 381 g/mol. The van der Waals surface area contributed by atoms with Crippen LogP contribution in [0.25, 0.3) is 0 Å². The maximum Gasteiger partial charge on any atom is 0.224 e. The van der Waals surface area contributed by atoms with Crippen molar-refractivity contribution >= 4 is 38.0 Å². The smallest absolute Gasteiger partial charge is 0.224 e. The number of nitriles is 1. The number of carbonyl (C=O) groups excluding carboxylic acids is 1. The van der Waals surface area contributed by atoms with Crippen molar-refractivity contribution in [1.29, 1.82) is 5.26 Å². The van der Waals surface area contributed by atoms with Crippen LogP contribution in [0.2, 0.25) is 0 Å². The number of amides is 1. The molecule has 0 spiro atoms. The van der Waals surface area contributed by atoms with Crippen LogP contribution in [0.5, 0.6) is 0 Å². The molecule has 1 aliphatic rings. The molecule has 6 heteroatoms. The maximum absolute atomic E-state index is 12.3. The molecular weight excluding hydrogens is 364 g/mol. The summed E-state index contributed by atoms with van der Waals surface area (Å²) in [7, 11) is 0. The van der Waals surface area contributed by atoms with Crippen molar-refractivity contribution in [3.8, 4) is 6.07 Å². The highest BCUT2D eigenvalue weighted by atomic mass is 79.9. The number of hydrogen-bond acceptors (Lipinski definition) is 3. The van der Waals surface area contributed by atoms with Gasteiger partial charge in [0.15, 0.2) is 0 Å². The van der Waals surface area contributed by atoms with Gasteiger partial charge in [-0.3, -0.25) is 4.79 Å². The Labute approximate surface area is 142 Å². The first kappa shape index (κ1) is 16.9. The molecule has 2 unspecified atom stereocenters. The molecule has 2 rings (SSSR count). The highest BCUT2D eigenvalue weighted by Crippen LogP contribution is 2.33. The number of rotatable bonds is 4. The summed E-state index contributed by atoms with van der Waals surface area (Å²) in [6.07, 6.45) is 3.61. The molecule has 0 aromatic heterocycles. The van der Waals surface area contributed by atoms with E-state index in [0.29, 0.717) is 11.3 Å². The van der Waals surface area contributed by atoms with Gasteiger partial charge in [-0.1, -0.05) is 40.9 Å². The third kappa shape index (κ3) is 4.05. The molecule has 1 aromatic rings. The molecule has 4 nitrogen and oxygen atoms in total. The molecule has 0 heterocycles. The largest absolute Gasteiger partial charge is 0.343 e. The van der Waals surface area contributed by atoms with Crippen LogP contribution in [0, 0.1) is 23.2 Å². The molecule has 1 aromatic carbocycles. The average Bonchev–Trinajstić information content (AvgIpc) is 2.55. The highest BCUT2D eigenvalue weighted by Gasteiger charge is 2.34. The van der Waals surface area contributed by atoms with Gasteiger partial charge >= 0.3 is 0 Å². The number of carbonyl (C=O) groups is 1. The number of hydrogen-bond donors (Lipinski definition) is 1. The Morgan fingerprint density at radius 2 is 1.91 bits per heavy atom. The van der Waals surface area contributed by atoms with Crippen molar-refractivity contribution in [2.24, 2.45) is 11.8 Å². The lowest BCUT2D eigenvalue weighted by molar-refractivity contribution is -0.126. The van der Waals surface area contributed by atoms with Gasteiger partial charge in [-0.15, -0.1) is 0 Å². The summed E-state index contributed by atoms with van der Waals surface area (Å²) in [6.45, 7) is 0.0141. The first-order valence-electron chi connectivity index (χ1n) is 7.24. The van der Waals surface area contributed by atoms with Crippen molar-refractivity contribution in [3.63, 3.8) is 0 Å². The van der Waals surface area contributed by atoms with E-state index in [9.17, 15) is 9.00 Å². The molecule has 116 valence electrons. The molecule has 1 saturated carbocycles. The molecule has 2 atom stereocenters. The summed E-state index contributed by atoms with van der Waals surface area (Å²) in [5, 5.41) is 11.2. The molecule has 0 aliphatic heterocycles. The zero-order chi connectivity index (χ0) is 15.9. The van der Waals surface area contributed by atoms with E-state index in [4.69, 9.17) is 5.26 Å². The van der Waals surface area contributed by atoms with Crippen molar-refractivity contribution in [1.82, 2.24) is 5.32 Å². The summed E-state index contributed by atoms with van der Waals surface area (Å²) < 4.78 is 12.6. The van der Waals surface area contributed by atoms with Crippen LogP contribution in [0.15, 0.2) is 28.7 Å². The second kappa shape index (κ2) is 8.25. The lowest BCUT2D eigenvalue weighted by Gasteiger charge is -2.30. The first-order chi connectivity index (χ1) is 10.7. The monoisotopic (exact) mass is 380 g/mol. The van der Waals surface area contributed by atoms with Gasteiger partial charge in [0.2, 0.25) is 5.91 Å². The second-order valence-corrected chi connectivity index (χ2v) is 6.85. The van der Waals surface area contributed by atoms with Crippen molar-refractivity contribution in [3.05, 3.63) is 34.3 Å². The summed E-state index contributed by atoms with van der Waals surface area (Å²) in [4.78, 5) is 13.0. The minimum absolute atomic E-state index is 0.0141. The van der Waals surface area contributed by atoms with Gasteiger partial charge in [0.1, 0.15) is 6.54 Å². The van der Waals surface area contributed by atoms with Gasteiger partial charge in [-0.05, 0) is 30.5 Å². The molecule has 1 aliphatic carbocycles. The summed E-state index contributed by atoms with van der Waals surface area (Å²) in [5.74, 6) is -0.395. The maximum atomic E-state index is 12.3. The van der Waals surface area contributed by atoms with Crippen LogP contribution < -0.4 is 5.32 Å². The predicted octanol–water partition coefficient (Wildman–Crippen LogP) is 2.63. The molecule has 1 amide bonds. The Kier molecular flexibility index (Phi) is 6.34. The van der Waals surface area contributed by atoms with E-state index in [1.807, 2.05) is 30.3 Å². The Morgan fingerprint density at radius 3 is 2.50 bits per heavy atom. The second-order valence-electron chi connectivity index (χ2n) is 5.33. The van der Waals surface area contributed by atoms with Gasteiger partial charge in [-0.2, -0.15) is 5.26 Å². The van der Waals surface area contributed by atoms with E-state index in [0.717, 1.165) is 40.6 Å². The standard InChI is InChI=1S/C16H17BrN2O2S/c17-12-7-5-11(6-8-12)15(22-21)13-3-1-2-4-14(13)16(20)19-10-9-18/h5-8,13-14H,1-4,10H2,(H,19,20). The Bertz CT molecular complexity index is 633. The Morgan fingerprint density at radius 1 is 1.27 bits per heavy atom. The molecule has 22 heavy (non-hydrogen) atoms. The van der Waals surface area contributed by atoms with Gasteiger partial charge in [-0.25, -0.2) is 4.21 Å². The van der Waals surface area contributed by atoms with Crippen molar-refractivity contribution in [2.45, 2.75) is 25.7 Å². The Hall–Kier alpha value is -1.45. The first-order valence-corrected chi connectivity index (χ1v) is 8.78. The summed E-state index contributed by atoms with van der Waals surface area (Å²) in [6, 6.07) is 9.54. The fourth-order valence-corrected chi connectivity index (χ4v) is 3.86. The third-order valence-electron chi connectivity index (χ3n) is 4.00. The van der Waals surface area contributed by atoms with Gasteiger partial charge in [0, 0.05) is 16.3 Å². The van der Waals surface area contributed by atoms with Crippen LogP contribution in [-0.4, -0.2) is 21.5 Å². The molecule has 1 N–H and O–H groups in total. The number of halogens is 1. The molecule has 0 bridgehead atoms. The normalized spacial score (nSPS) is 20.7. The van der Waals surface area contributed by atoms with Crippen LogP contribution in [-0.2, 0) is 16.1 Å². The lowest BCUT2D eigenvalue weighted by Crippen LogP contribution is -2.40. The fraction of sp³-hybridized carbons (Fsp3) is 0.438. The lowest BCUT2D eigenvalue weighted by atomic mass is 9.75. The van der Waals surface area contributed by atoms with E-state index in [-0.39, 0.29) is 24.3 Å². The van der Waals surface area contributed by atoms with Crippen molar-refractivity contribution in [2.75, 3.05) is 6.54 Å².